The van der Waals surface area contributed by atoms with Crippen LogP contribution in [0.3, 0.4) is 0 Å². The predicted octanol–water partition coefficient (Wildman–Crippen LogP) is 3.10. The normalized spacial score (nSPS) is 13.1. The number of hydrogen-bond acceptors (Lipinski definition) is 5. The molecule has 0 amide bonds. The van der Waals surface area contributed by atoms with Crippen LogP contribution in [0.25, 0.3) is 0 Å². The zero-order valence-corrected chi connectivity index (χ0v) is 13.1. The molecule has 2 N–H and O–H groups in total. The maximum atomic E-state index is 12.0. The molecular weight excluding hydrogens is 290 g/mol. The second-order valence-electron chi connectivity index (χ2n) is 4.33. The van der Waals surface area contributed by atoms with Crippen LogP contribution in [-0.4, -0.2) is 29.4 Å². The molecular formula is C15H19NO4S. The quantitative estimate of drug-likeness (QED) is 0.349. The molecule has 6 heteroatoms. The lowest BCUT2D eigenvalue weighted by Gasteiger charge is -2.15. The van der Waals surface area contributed by atoms with E-state index in [1.807, 2.05) is 25.1 Å². The number of thioether (sulfide) groups is 1. The minimum Gasteiger partial charge on any atom is -0.477 e. The van der Waals surface area contributed by atoms with Gasteiger partial charge in [-0.3, -0.25) is 0 Å². The molecule has 0 aliphatic rings. The summed E-state index contributed by atoms with van der Waals surface area (Å²) in [6.45, 7) is 3.58. The summed E-state index contributed by atoms with van der Waals surface area (Å²) in [4.78, 5) is 23.4. The summed E-state index contributed by atoms with van der Waals surface area (Å²) < 4.78 is 5.11. The lowest BCUT2D eigenvalue weighted by molar-refractivity contribution is -0.147. The van der Waals surface area contributed by atoms with E-state index in [2.05, 4.69) is 5.32 Å². The fourth-order valence-electron chi connectivity index (χ4n) is 1.47. The van der Waals surface area contributed by atoms with E-state index in [-0.39, 0.29) is 16.7 Å². The highest BCUT2D eigenvalue weighted by atomic mass is 32.2. The number of carboxylic acid groups (broad SMARTS) is 1. The third kappa shape index (κ3) is 5.15. The van der Waals surface area contributed by atoms with Crippen molar-refractivity contribution in [1.82, 2.24) is 0 Å². The number of rotatable bonds is 7. The van der Waals surface area contributed by atoms with Gasteiger partial charge in [0.2, 0.25) is 0 Å². The van der Waals surface area contributed by atoms with Crippen LogP contribution in [0.15, 0.2) is 40.9 Å². The van der Waals surface area contributed by atoms with E-state index in [9.17, 15) is 14.7 Å². The van der Waals surface area contributed by atoms with Gasteiger partial charge in [-0.25, -0.2) is 9.59 Å². The number of carbonyl (C=O) groups excluding carboxylic acids is 1. The van der Waals surface area contributed by atoms with Gasteiger partial charge in [-0.05, 0) is 31.7 Å². The summed E-state index contributed by atoms with van der Waals surface area (Å²) in [5.41, 5.74) is 0.323. The van der Waals surface area contributed by atoms with Gasteiger partial charge in [0.1, 0.15) is 0 Å². The van der Waals surface area contributed by atoms with Crippen molar-refractivity contribution >= 4 is 29.4 Å². The number of ether oxygens (including phenoxy) is 1. The first kappa shape index (κ1) is 17.1. The first-order valence-electron chi connectivity index (χ1n) is 6.54. The fraction of sp³-hybridized carbons (Fsp3) is 0.333. The summed E-state index contributed by atoms with van der Waals surface area (Å²) in [6.07, 6.45) is 2.00. The van der Waals surface area contributed by atoms with E-state index in [1.54, 1.807) is 25.3 Å². The van der Waals surface area contributed by atoms with Gasteiger partial charge in [0.15, 0.2) is 5.57 Å². The molecule has 0 spiro atoms. The maximum absolute atomic E-state index is 12.0. The Hall–Kier alpha value is -1.95. The molecule has 5 nitrogen and oxygen atoms in total. The Balaban J connectivity index is 3.07. The van der Waals surface area contributed by atoms with Crippen LogP contribution in [0.5, 0.6) is 0 Å². The number of para-hydroxylation sites is 1. The summed E-state index contributed by atoms with van der Waals surface area (Å²) in [5, 5.41) is 12.5. The number of aliphatic carboxylic acids is 1. The highest BCUT2D eigenvalue weighted by Gasteiger charge is 2.25. The summed E-state index contributed by atoms with van der Waals surface area (Å²) >= 11 is 1.15. The standard InChI is InChI=1S/C15H19NO4S/c1-4-10(2)20-15(19)12(14(17)18)13(21-3)16-11-8-6-5-7-9-11/h5-10,16H,4H2,1-3H3,(H,17,18). The molecule has 21 heavy (non-hydrogen) atoms. The number of esters is 1. The lowest BCUT2D eigenvalue weighted by Crippen LogP contribution is -2.23. The molecule has 0 heterocycles. The largest absolute Gasteiger partial charge is 0.477 e. The Bertz CT molecular complexity index is 528. The molecule has 1 unspecified atom stereocenters. The molecule has 1 atom stereocenters. The first-order chi connectivity index (χ1) is 9.99. The molecule has 0 aliphatic carbocycles. The molecule has 0 saturated carbocycles. The van der Waals surface area contributed by atoms with Crippen molar-refractivity contribution in [3.8, 4) is 0 Å². The molecule has 0 aromatic heterocycles. The van der Waals surface area contributed by atoms with E-state index in [1.165, 1.54) is 0 Å². The number of hydrogen-bond donors (Lipinski definition) is 2. The van der Waals surface area contributed by atoms with Crippen LogP contribution in [0.2, 0.25) is 0 Å². The Morgan fingerprint density at radius 3 is 2.43 bits per heavy atom. The Labute approximate surface area is 128 Å². The van der Waals surface area contributed by atoms with Crippen molar-refractivity contribution < 1.29 is 19.4 Å². The summed E-state index contributed by atoms with van der Waals surface area (Å²) in [6, 6.07) is 9.06. The average molecular weight is 309 g/mol. The van der Waals surface area contributed by atoms with Gasteiger partial charge in [-0.15, -0.1) is 11.8 Å². The molecule has 1 aromatic carbocycles. The number of carboxylic acids is 1. The molecule has 114 valence electrons. The van der Waals surface area contributed by atoms with Crippen LogP contribution >= 0.6 is 11.8 Å². The van der Waals surface area contributed by atoms with E-state index < -0.39 is 11.9 Å². The number of nitrogens with one attached hydrogen (secondary N) is 1. The second-order valence-corrected chi connectivity index (χ2v) is 5.15. The van der Waals surface area contributed by atoms with E-state index in [0.29, 0.717) is 12.1 Å². The van der Waals surface area contributed by atoms with Crippen LogP contribution in [0, 0.1) is 0 Å². The van der Waals surface area contributed by atoms with Crippen LogP contribution < -0.4 is 5.32 Å². The molecule has 0 fully saturated rings. The molecule has 1 rings (SSSR count). The fourth-order valence-corrected chi connectivity index (χ4v) is 2.06. The topological polar surface area (TPSA) is 75.6 Å². The van der Waals surface area contributed by atoms with Crippen molar-refractivity contribution in [3.05, 3.63) is 40.9 Å². The van der Waals surface area contributed by atoms with Gasteiger partial charge in [-0.2, -0.15) is 0 Å². The van der Waals surface area contributed by atoms with E-state index in [4.69, 9.17) is 4.74 Å². The SMILES string of the molecule is CCC(C)OC(=O)C(C(=O)O)=C(Nc1ccccc1)SC. The first-order valence-corrected chi connectivity index (χ1v) is 7.76. The third-order valence-corrected chi connectivity index (χ3v) is 3.48. The van der Waals surface area contributed by atoms with Gasteiger partial charge in [0.25, 0.3) is 0 Å². The Kier molecular flexibility index (Phi) is 6.81. The van der Waals surface area contributed by atoms with Gasteiger partial charge >= 0.3 is 11.9 Å². The van der Waals surface area contributed by atoms with Crippen LogP contribution in [0.1, 0.15) is 20.3 Å². The van der Waals surface area contributed by atoms with Gasteiger partial charge < -0.3 is 15.2 Å². The maximum Gasteiger partial charge on any atom is 0.348 e. The van der Waals surface area contributed by atoms with Gasteiger partial charge in [0, 0.05) is 5.69 Å². The second kappa shape index (κ2) is 8.36. The third-order valence-electron chi connectivity index (χ3n) is 2.76. The average Bonchev–Trinajstić information content (AvgIpc) is 2.46. The van der Waals surface area contributed by atoms with Crippen molar-refractivity contribution in [3.63, 3.8) is 0 Å². The van der Waals surface area contributed by atoms with Gasteiger partial charge in [-0.1, -0.05) is 25.1 Å². The summed E-state index contributed by atoms with van der Waals surface area (Å²) in [5.74, 6) is -2.14. The van der Waals surface area contributed by atoms with Gasteiger partial charge in [0.05, 0.1) is 11.1 Å². The zero-order valence-electron chi connectivity index (χ0n) is 12.3. The minimum atomic E-state index is -1.31. The molecule has 0 aliphatic heterocycles. The van der Waals surface area contributed by atoms with E-state index >= 15 is 0 Å². The molecule has 0 bridgehead atoms. The van der Waals surface area contributed by atoms with Crippen molar-refractivity contribution in [2.45, 2.75) is 26.4 Å². The number of benzene rings is 1. The highest BCUT2D eigenvalue weighted by Crippen LogP contribution is 2.22. The van der Waals surface area contributed by atoms with Crippen LogP contribution in [-0.2, 0) is 14.3 Å². The highest BCUT2D eigenvalue weighted by molar-refractivity contribution is 8.02. The Morgan fingerprint density at radius 1 is 1.33 bits per heavy atom. The van der Waals surface area contributed by atoms with Crippen LogP contribution in [0.4, 0.5) is 5.69 Å². The lowest BCUT2D eigenvalue weighted by atomic mass is 10.2. The van der Waals surface area contributed by atoms with Crippen molar-refractivity contribution in [2.75, 3.05) is 11.6 Å². The summed E-state index contributed by atoms with van der Waals surface area (Å²) in [7, 11) is 0. The smallest absolute Gasteiger partial charge is 0.348 e. The van der Waals surface area contributed by atoms with E-state index in [0.717, 1.165) is 11.8 Å². The minimum absolute atomic E-state index is 0.252. The number of carbonyl (C=O) groups is 2. The Morgan fingerprint density at radius 2 is 1.95 bits per heavy atom. The van der Waals surface area contributed by atoms with Crippen molar-refractivity contribution in [1.29, 1.82) is 0 Å². The van der Waals surface area contributed by atoms with Crippen molar-refractivity contribution in [2.24, 2.45) is 0 Å². The number of anilines is 1. The molecule has 0 saturated heterocycles. The monoisotopic (exact) mass is 309 g/mol. The predicted molar refractivity (Wildman–Crippen MR) is 84.1 cm³/mol. The molecule has 0 radical (unpaired) electrons. The zero-order chi connectivity index (χ0) is 15.8. The molecule has 1 aromatic rings.